The fourth-order valence-electron chi connectivity index (χ4n) is 2.24. The average Bonchev–Trinajstić information content (AvgIpc) is 2.81. The van der Waals surface area contributed by atoms with Crippen LogP contribution in [-0.2, 0) is 16.1 Å². The van der Waals surface area contributed by atoms with Crippen LogP contribution < -0.4 is 10.6 Å². The van der Waals surface area contributed by atoms with Gasteiger partial charge in [0.05, 0.1) is 18.0 Å². The Morgan fingerprint density at radius 1 is 1.36 bits per heavy atom. The van der Waals surface area contributed by atoms with Gasteiger partial charge < -0.3 is 10.5 Å². The maximum absolute atomic E-state index is 12.3. The molecule has 1 fully saturated rings. The zero-order chi connectivity index (χ0) is 18.8. The largest absolute Gasteiger partial charge is 0.411 e. The van der Waals surface area contributed by atoms with Crippen LogP contribution in [0.2, 0.25) is 0 Å². The minimum atomic E-state index is -4.45. The van der Waals surface area contributed by atoms with Gasteiger partial charge in [-0.05, 0) is 31.0 Å². The lowest BCUT2D eigenvalue weighted by Crippen LogP contribution is -2.31. The van der Waals surface area contributed by atoms with Crippen molar-refractivity contribution in [2.45, 2.75) is 26.6 Å². The Morgan fingerprint density at radius 3 is 2.60 bits per heavy atom. The Bertz CT molecular complexity index is 735. The van der Waals surface area contributed by atoms with Gasteiger partial charge in [0.2, 0.25) is 5.91 Å². The van der Waals surface area contributed by atoms with E-state index in [4.69, 9.17) is 10.5 Å². The number of aliphatic imine (C=N–C) groups is 1. The van der Waals surface area contributed by atoms with Crippen molar-refractivity contribution < 1.29 is 27.5 Å². The number of halogens is 3. The van der Waals surface area contributed by atoms with E-state index in [0.29, 0.717) is 11.3 Å². The minimum absolute atomic E-state index is 0.0574. The lowest BCUT2D eigenvalue weighted by Gasteiger charge is -2.21. The number of alkyl halides is 3. The molecule has 10 heteroatoms. The first-order chi connectivity index (χ1) is 11.6. The molecule has 0 unspecified atom stereocenters. The summed E-state index contributed by atoms with van der Waals surface area (Å²) in [6.07, 6.45) is -4.45. The summed E-state index contributed by atoms with van der Waals surface area (Å²) < 4.78 is 41.7. The maximum Gasteiger partial charge on any atom is 0.411 e. The first-order valence-electron chi connectivity index (χ1n) is 7.17. The molecule has 136 valence electrons. The number of thioether (sulfide) groups is 1. The molecule has 0 spiro atoms. The van der Waals surface area contributed by atoms with Gasteiger partial charge in [-0.15, -0.1) is 0 Å². The zero-order valence-electron chi connectivity index (χ0n) is 13.5. The number of aryl methyl sites for hydroxylation is 2. The number of carbonyl (C=O) groups is 2. The molecule has 0 atom stereocenters. The molecule has 2 N–H and O–H groups in total. The molecule has 1 aromatic carbocycles. The molecule has 25 heavy (non-hydrogen) atoms. The van der Waals surface area contributed by atoms with E-state index in [-0.39, 0.29) is 23.4 Å². The number of carbonyl (C=O) groups excluding carboxylic acids is 2. The molecular formula is C15H16F3N3O3S. The number of nitrogens with zero attached hydrogens (tertiary/aromatic N) is 2. The summed E-state index contributed by atoms with van der Waals surface area (Å²) in [7, 11) is 0. The van der Waals surface area contributed by atoms with Gasteiger partial charge in [-0.25, -0.2) is 4.79 Å². The summed E-state index contributed by atoms with van der Waals surface area (Å²) in [6.45, 7) is 1.86. The van der Waals surface area contributed by atoms with Crippen LogP contribution in [0.4, 0.5) is 23.7 Å². The normalized spacial score (nSPS) is 16.8. The summed E-state index contributed by atoms with van der Waals surface area (Å²) in [5, 5.41) is 0.0952. The second-order valence-electron chi connectivity index (χ2n) is 5.42. The highest BCUT2D eigenvalue weighted by Crippen LogP contribution is 2.32. The van der Waals surface area contributed by atoms with Crippen LogP contribution in [-0.4, -0.2) is 35.6 Å². The van der Waals surface area contributed by atoms with Crippen LogP contribution in [0.3, 0.4) is 0 Å². The fraction of sp³-hybridized carbons (Fsp3) is 0.400. The number of amides is 3. The van der Waals surface area contributed by atoms with Gasteiger partial charge in [-0.1, -0.05) is 17.8 Å². The molecule has 1 aliphatic rings. The topological polar surface area (TPSA) is 85.0 Å². The smallest absolute Gasteiger partial charge is 0.367 e. The fourth-order valence-corrected chi connectivity index (χ4v) is 3.10. The van der Waals surface area contributed by atoms with E-state index in [2.05, 4.69) is 4.99 Å². The molecule has 6 nitrogen and oxygen atoms in total. The van der Waals surface area contributed by atoms with Crippen LogP contribution in [0.5, 0.6) is 0 Å². The van der Waals surface area contributed by atoms with Gasteiger partial charge in [-0.2, -0.15) is 18.2 Å². The number of primary amides is 1. The number of rotatable bonds is 4. The molecule has 1 aliphatic heterocycles. The predicted octanol–water partition coefficient (Wildman–Crippen LogP) is 2.90. The molecule has 2 rings (SSSR count). The molecule has 1 saturated heterocycles. The second-order valence-corrected chi connectivity index (χ2v) is 6.37. The van der Waals surface area contributed by atoms with E-state index in [1.54, 1.807) is 26.0 Å². The van der Waals surface area contributed by atoms with E-state index in [9.17, 15) is 22.8 Å². The first kappa shape index (κ1) is 19.3. The van der Waals surface area contributed by atoms with E-state index in [1.807, 2.05) is 0 Å². The molecule has 1 aromatic rings. The van der Waals surface area contributed by atoms with Gasteiger partial charge in [0.25, 0.3) is 0 Å². The summed E-state index contributed by atoms with van der Waals surface area (Å²) in [6, 6.07) is 2.35. The Hall–Kier alpha value is -2.07. The Morgan fingerprint density at radius 2 is 2.00 bits per heavy atom. The number of anilines is 1. The molecule has 0 aromatic heterocycles. The molecule has 0 radical (unpaired) electrons. The summed E-state index contributed by atoms with van der Waals surface area (Å²) >= 11 is 1.03. The van der Waals surface area contributed by atoms with Crippen molar-refractivity contribution in [3.05, 3.63) is 28.8 Å². The second kappa shape index (κ2) is 7.44. The van der Waals surface area contributed by atoms with E-state index in [0.717, 1.165) is 22.9 Å². The number of urea groups is 1. The predicted molar refractivity (Wildman–Crippen MR) is 88.6 cm³/mol. The average molecular weight is 375 g/mol. The lowest BCUT2D eigenvalue weighted by atomic mass is 10.0. The molecule has 0 aliphatic carbocycles. The number of benzene rings is 1. The number of amidine groups is 1. The van der Waals surface area contributed by atoms with Crippen LogP contribution in [0.25, 0.3) is 0 Å². The maximum atomic E-state index is 12.3. The number of hydrogen-bond acceptors (Lipinski definition) is 4. The zero-order valence-corrected chi connectivity index (χ0v) is 14.3. The van der Waals surface area contributed by atoms with Crippen molar-refractivity contribution in [1.29, 1.82) is 0 Å². The number of hydrogen-bond donors (Lipinski definition) is 1. The van der Waals surface area contributed by atoms with Gasteiger partial charge in [0.15, 0.2) is 5.17 Å². The Labute approximate surface area is 146 Å². The highest BCUT2D eigenvalue weighted by atomic mass is 32.2. The minimum Gasteiger partial charge on any atom is -0.367 e. The van der Waals surface area contributed by atoms with Crippen molar-refractivity contribution in [3.63, 3.8) is 0 Å². The van der Waals surface area contributed by atoms with E-state index in [1.165, 1.54) is 4.90 Å². The Balaban J connectivity index is 2.39. The third kappa shape index (κ3) is 4.95. The van der Waals surface area contributed by atoms with Gasteiger partial charge >= 0.3 is 12.2 Å². The molecule has 3 amide bonds. The van der Waals surface area contributed by atoms with Gasteiger partial charge in [0, 0.05) is 5.56 Å². The van der Waals surface area contributed by atoms with Crippen LogP contribution in [0, 0.1) is 13.8 Å². The first-order valence-corrected chi connectivity index (χ1v) is 8.15. The van der Waals surface area contributed by atoms with Crippen molar-refractivity contribution in [3.8, 4) is 0 Å². The number of nitrogens with two attached hydrogens (primary N) is 1. The standard InChI is InChI=1S/C15H16F3N3O3S/c1-8-3-10(5-24-7-15(16,17)18)11(4-9(8)2)21-12(22)6-25-14(21)20-13(19)23/h3-4H,5-7H2,1-2H3,(H2,19,23). The highest BCUT2D eigenvalue weighted by Gasteiger charge is 2.33. The van der Waals surface area contributed by atoms with Crippen molar-refractivity contribution in [2.24, 2.45) is 10.7 Å². The molecule has 1 heterocycles. The SMILES string of the molecule is Cc1cc(COCC(F)(F)F)c(N2C(=O)CSC2=NC(N)=O)cc1C. The van der Waals surface area contributed by atoms with Crippen molar-refractivity contribution in [2.75, 3.05) is 17.3 Å². The third-order valence-electron chi connectivity index (χ3n) is 3.43. The van der Waals surface area contributed by atoms with E-state index >= 15 is 0 Å². The molecular weight excluding hydrogens is 359 g/mol. The van der Waals surface area contributed by atoms with Gasteiger partial charge in [-0.3, -0.25) is 9.69 Å². The highest BCUT2D eigenvalue weighted by molar-refractivity contribution is 8.15. The quantitative estimate of drug-likeness (QED) is 0.877. The van der Waals surface area contributed by atoms with Crippen molar-refractivity contribution >= 4 is 34.6 Å². The van der Waals surface area contributed by atoms with Crippen molar-refractivity contribution in [1.82, 2.24) is 0 Å². The summed E-state index contributed by atoms with van der Waals surface area (Å²) in [4.78, 5) is 28.0. The number of ether oxygens (including phenoxy) is 1. The van der Waals surface area contributed by atoms with Gasteiger partial charge in [0.1, 0.15) is 6.61 Å². The lowest BCUT2D eigenvalue weighted by molar-refractivity contribution is -0.176. The van der Waals surface area contributed by atoms with Crippen LogP contribution in [0.15, 0.2) is 17.1 Å². The molecule has 0 bridgehead atoms. The Kier molecular flexibility index (Phi) is 5.73. The monoisotopic (exact) mass is 375 g/mol. The molecule has 0 saturated carbocycles. The van der Waals surface area contributed by atoms with Crippen LogP contribution >= 0.6 is 11.8 Å². The van der Waals surface area contributed by atoms with E-state index < -0.39 is 18.8 Å². The third-order valence-corrected chi connectivity index (χ3v) is 4.35. The summed E-state index contributed by atoms with van der Waals surface area (Å²) in [5.74, 6) is -0.285. The summed E-state index contributed by atoms with van der Waals surface area (Å²) in [5.41, 5.74) is 7.44. The van der Waals surface area contributed by atoms with Crippen LogP contribution in [0.1, 0.15) is 16.7 Å².